The highest BCUT2D eigenvalue weighted by Gasteiger charge is 2.38. The second-order valence-electron chi connectivity index (χ2n) is 6.78. The minimum absolute atomic E-state index is 0.0411. The van der Waals surface area contributed by atoms with Crippen LogP contribution < -0.4 is 0 Å². The van der Waals surface area contributed by atoms with E-state index in [1.54, 1.807) is 4.90 Å². The van der Waals surface area contributed by atoms with E-state index in [1.165, 1.54) is 32.3 Å². The van der Waals surface area contributed by atoms with Gasteiger partial charge in [-0.25, -0.2) is 12.7 Å². The number of morpholine rings is 1. The van der Waals surface area contributed by atoms with Gasteiger partial charge in [-0.1, -0.05) is 11.6 Å². The number of carbonyl (C=O) groups is 1. The molecular formula is C16H23ClN2O4S. The molecule has 1 heterocycles. The first-order valence-electron chi connectivity index (χ1n) is 7.62. The number of sulfonamides is 1. The number of amides is 1. The van der Waals surface area contributed by atoms with E-state index in [1.807, 2.05) is 20.8 Å². The van der Waals surface area contributed by atoms with Crippen molar-refractivity contribution in [1.29, 1.82) is 0 Å². The van der Waals surface area contributed by atoms with Crippen LogP contribution in [0.15, 0.2) is 23.1 Å². The lowest BCUT2D eigenvalue weighted by Crippen LogP contribution is -2.57. The van der Waals surface area contributed by atoms with E-state index in [2.05, 4.69) is 0 Å². The molecule has 0 radical (unpaired) electrons. The third kappa shape index (κ3) is 3.59. The molecule has 0 bridgehead atoms. The third-order valence-electron chi connectivity index (χ3n) is 4.08. The summed E-state index contributed by atoms with van der Waals surface area (Å²) in [5.41, 5.74) is -0.314. The summed E-state index contributed by atoms with van der Waals surface area (Å²) in [6, 6.07) is 4.19. The number of benzene rings is 1. The Balaban J connectivity index is 2.46. The van der Waals surface area contributed by atoms with Crippen molar-refractivity contribution in [1.82, 2.24) is 9.21 Å². The third-order valence-corrected chi connectivity index (χ3v) is 6.22. The lowest BCUT2D eigenvalue weighted by atomic mass is 9.99. The van der Waals surface area contributed by atoms with E-state index in [0.717, 1.165) is 4.31 Å². The molecule has 1 fully saturated rings. The van der Waals surface area contributed by atoms with Crippen molar-refractivity contribution >= 4 is 27.5 Å². The van der Waals surface area contributed by atoms with Crippen LogP contribution in [0.3, 0.4) is 0 Å². The molecule has 1 amide bonds. The highest BCUT2D eigenvalue weighted by atomic mass is 35.5. The summed E-state index contributed by atoms with van der Waals surface area (Å²) in [6.07, 6.45) is -0.0885. The number of hydrogen-bond acceptors (Lipinski definition) is 4. The highest BCUT2D eigenvalue weighted by molar-refractivity contribution is 7.89. The van der Waals surface area contributed by atoms with Gasteiger partial charge in [-0.2, -0.15) is 0 Å². The molecule has 134 valence electrons. The van der Waals surface area contributed by atoms with Crippen molar-refractivity contribution in [3.05, 3.63) is 28.8 Å². The van der Waals surface area contributed by atoms with Gasteiger partial charge < -0.3 is 9.64 Å². The van der Waals surface area contributed by atoms with Gasteiger partial charge in [0.1, 0.15) is 0 Å². The second-order valence-corrected chi connectivity index (χ2v) is 9.34. The Bertz CT molecular complexity index is 746. The van der Waals surface area contributed by atoms with Gasteiger partial charge in [0.2, 0.25) is 10.0 Å². The molecule has 24 heavy (non-hydrogen) atoms. The first kappa shape index (κ1) is 19.2. The SMILES string of the molecule is CC1CN(C(=O)c2cc(S(=O)(=O)N(C)C)ccc2Cl)C(C)(C)CO1. The van der Waals surface area contributed by atoms with Crippen molar-refractivity contribution in [2.24, 2.45) is 0 Å². The maximum absolute atomic E-state index is 13.0. The molecule has 0 N–H and O–H groups in total. The molecule has 0 spiro atoms. The summed E-state index contributed by atoms with van der Waals surface area (Å²) in [5, 5.41) is 0.229. The molecule has 0 aromatic heterocycles. The predicted molar refractivity (Wildman–Crippen MR) is 92.9 cm³/mol. The number of carbonyl (C=O) groups excluding carboxylic acids is 1. The standard InChI is InChI=1S/C16H23ClN2O4S/c1-11-9-19(16(2,3)10-23-11)15(20)13-8-12(6-7-14(13)17)24(21,22)18(4)5/h6-8,11H,9-10H2,1-5H3. The first-order chi connectivity index (χ1) is 11.0. The van der Waals surface area contributed by atoms with Crippen molar-refractivity contribution < 1.29 is 17.9 Å². The Hall–Kier alpha value is -1.15. The van der Waals surface area contributed by atoms with Gasteiger partial charge in [0.25, 0.3) is 5.91 Å². The van der Waals surface area contributed by atoms with Crippen LogP contribution in [0, 0.1) is 0 Å². The zero-order valence-corrected chi connectivity index (χ0v) is 16.1. The molecule has 1 aliphatic heterocycles. The van der Waals surface area contributed by atoms with Crippen LogP contribution in [0.5, 0.6) is 0 Å². The van der Waals surface area contributed by atoms with E-state index in [0.29, 0.717) is 13.2 Å². The fourth-order valence-electron chi connectivity index (χ4n) is 2.52. The van der Waals surface area contributed by atoms with E-state index in [4.69, 9.17) is 16.3 Å². The highest BCUT2D eigenvalue weighted by Crippen LogP contribution is 2.28. The summed E-state index contributed by atoms with van der Waals surface area (Å²) in [5.74, 6) is -0.295. The first-order valence-corrected chi connectivity index (χ1v) is 9.44. The van der Waals surface area contributed by atoms with Gasteiger partial charge in [0.15, 0.2) is 0 Å². The maximum Gasteiger partial charge on any atom is 0.256 e. The monoisotopic (exact) mass is 374 g/mol. The van der Waals surface area contributed by atoms with Crippen molar-refractivity contribution in [3.63, 3.8) is 0 Å². The molecule has 1 aromatic rings. The summed E-state index contributed by atoms with van der Waals surface area (Å²) in [7, 11) is -0.755. The fourth-order valence-corrected chi connectivity index (χ4v) is 3.65. The number of nitrogens with zero attached hydrogens (tertiary/aromatic N) is 2. The summed E-state index contributed by atoms with van der Waals surface area (Å²) < 4.78 is 31.3. The van der Waals surface area contributed by atoms with Crippen LogP contribution in [0.25, 0.3) is 0 Å². The van der Waals surface area contributed by atoms with Crippen LogP contribution >= 0.6 is 11.6 Å². The fraction of sp³-hybridized carbons (Fsp3) is 0.562. The number of halogens is 1. The van der Waals surface area contributed by atoms with E-state index < -0.39 is 15.6 Å². The Morgan fingerprint density at radius 1 is 1.38 bits per heavy atom. The zero-order chi connectivity index (χ0) is 18.3. The Morgan fingerprint density at radius 3 is 2.58 bits per heavy atom. The van der Waals surface area contributed by atoms with Gasteiger partial charge in [-0.15, -0.1) is 0 Å². The molecule has 0 saturated carbocycles. The largest absolute Gasteiger partial charge is 0.374 e. The molecule has 2 rings (SSSR count). The van der Waals surface area contributed by atoms with Crippen LogP contribution in [-0.2, 0) is 14.8 Å². The average molecular weight is 375 g/mol. The number of hydrogen-bond donors (Lipinski definition) is 0. The molecular weight excluding hydrogens is 352 g/mol. The molecule has 0 aliphatic carbocycles. The van der Waals surface area contributed by atoms with E-state index in [9.17, 15) is 13.2 Å². The normalized spacial score (nSPS) is 21.1. The second kappa shape index (κ2) is 6.63. The van der Waals surface area contributed by atoms with E-state index in [-0.39, 0.29) is 27.5 Å². The molecule has 8 heteroatoms. The van der Waals surface area contributed by atoms with Gasteiger partial charge >= 0.3 is 0 Å². The lowest BCUT2D eigenvalue weighted by Gasteiger charge is -2.44. The minimum Gasteiger partial charge on any atom is -0.374 e. The summed E-state index contributed by atoms with van der Waals surface area (Å²) >= 11 is 6.18. The maximum atomic E-state index is 13.0. The molecule has 1 aliphatic rings. The number of rotatable bonds is 3. The quantitative estimate of drug-likeness (QED) is 0.813. The van der Waals surface area contributed by atoms with Crippen molar-refractivity contribution in [2.45, 2.75) is 37.3 Å². The lowest BCUT2D eigenvalue weighted by molar-refractivity contribution is -0.0755. The predicted octanol–water partition coefficient (Wildman–Crippen LogP) is 2.23. The van der Waals surface area contributed by atoms with Gasteiger partial charge in [0, 0.05) is 20.6 Å². The molecule has 1 atom stereocenters. The summed E-state index contributed by atoms with van der Waals surface area (Å²) in [6.45, 7) is 6.54. The smallest absolute Gasteiger partial charge is 0.256 e. The van der Waals surface area contributed by atoms with Crippen molar-refractivity contribution in [3.8, 4) is 0 Å². The Morgan fingerprint density at radius 2 is 2.00 bits per heavy atom. The zero-order valence-electron chi connectivity index (χ0n) is 14.5. The Kier molecular flexibility index (Phi) is 5.30. The average Bonchev–Trinajstić information content (AvgIpc) is 2.49. The van der Waals surface area contributed by atoms with Crippen LogP contribution in [0.2, 0.25) is 5.02 Å². The summed E-state index contributed by atoms with van der Waals surface area (Å²) in [4.78, 5) is 14.7. The van der Waals surface area contributed by atoms with Crippen LogP contribution in [-0.4, -0.2) is 62.4 Å². The minimum atomic E-state index is -3.64. The molecule has 1 aromatic carbocycles. The molecule has 1 unspecified atom stereocenters. The van der Waals surface area contributed by atoms with Gasteiger partial charge in [-0.05, 0) is 39.0 Å². The molecule has 6 nitrogen and oxygen atoms in total. The topological polar surface area (TPSA) is 66.9 Å². The van der Waals surface area contributed by atoms with E-state index >= 15 is 0 Å². The van der Waals surface area contributed by atoms with Crippen LogP contribution in [0.1, 0.15) is 31.1 Å². The van der Waals surface area contributed by atoms with Crippen molar-refractivity contribution in [2.75, 3.05) is 27.2 Å². The number of ether oxygens (including phenoxy) is 1. The van der Waals surface area contributed by atoms with Gasteiger partial charge in [0.05, 0.1) is 33.7 Å². The van der Waals surface area contributed by atoms with Crippen LogP contribution in [0.4, 0.5) is 0 Å². The Labute approximate surface area is 148 Å². The van der Waals surface area contributed by atoms with Gasteiger partial charge in [-0.3, -0.25) is 4.79 Å². The molecule has 1 saturated heterocycles.